The number of rotatable bonds is 8. The summed E-state index contributed by atoms with van der Waals surface area (Å²) in [7, 11) is 0. The number of hydrogen-bond acceptors (Lipinski definition) is 3. The van der Waals surface area contributed by atoms with E-state index in [0.29, 0.717) is 12.5 Å². The largest absolute Gasteiger partial charge is 1.00 e. The monoisotopic (exact) mass is 313 g/mol. The van der Waals surface area contributed by atoms with E-state index in [4.69, 9.17) is 4.74 Å². The van der Waals surface area contributed by atoms with Gasteiger partial charge in [-0.1, -0.05) is 6.92 Å². The molecule has 0 aromatic heterocycles. The predicted octanol–water partition coefficient (Wildman–Crippen LogP) is -0.879. The van der Waals surface area contributed by atoms with Crippen LogP contribution in [0.1, 0.15) is 27.2 Å². The fourth-order valence-corrected chi connectivity index (χ4v) is 2.01. The number of hydrogen-bond donors (Lipinski definition) is 0. The van der Waals surface area contributed by atoms with Crippen LogP contribution in [0.5, 0.6) is 0 Å². The average Bonchev–Trinajstić information content (AvgIpc) is 2.25. The lowest BCUT2D eigenvalue weighted by Crippen LogP contribution is -3.00. The van der Waals surface area contributed by atoms with Crippen molar-refractivity contribution in [3.8, 4) is 0 Å². The molecule has 0 heterocycles. The molecule has 0 radical (unpaired) electrons. The Labute approximate surface area is 114 Å². The number of nitrogens with zero attached hydrogens (tertiary/aromatic N) is 1. The van der Waals surface area contributed by atoms with Gasteiger partial charge in [0.15, 0.2) is 6.54 Å². The fraction of sp³-hybridized carbons (Fsp3) is 0.909. The molecule has 16 heavy (non-hydrogen) atoms. The van der Waals surface area contributed by atoms with E-state index in [-0.39, 0.29) is 23.0 Å². The van der Waals surface area contributed by atoms with Crippen LogP contribution in [0.4, 0.5) is 0 Å². The molecule has 0 aromatic carbocycles. The standard InChI is InChI=1S/C11H24NO2S.BrH/c1-5-8-12(6-2,7-3)9-11(13)14-10-15-4;/h5-10H2,1-4H3;1H/q+1;/p-1. The zero-order valence-electron chi connectivity index (χ0n) is 10.8. The number of esters is 1. The first-order valence-corrected chi connectivity index (χ1v) is 7.03. The van der Waals surface area contributed by atoms with Crippen LogP contribution >= 0.6 is 11.8 Å². The van der Waals surface area contributed by atoms with Gasteiger partial charge < -0.3 is 26.2 Å². The third-order valence-electron chi connectivity index (χ3n) is 2.84. The fourth-order valence-electron chi connectivity index (χ4n) is 1.76. The summed E-state index contributed by atoms with van der Waals surface area (Å²) in [6.45, 7) is 10.0. The van der Waals surface area contributed by atoms with Crippen molar-refractivity contribution in [1.82, 2.24) is 0 Å². The van der Waals surface area contributed by atoms with Gasteiger partial charge in [0.2, 0.25) is 0 Å². The Hall–Kier alpha value is 0.260. The van der Waals surface area contributed by atoms with Crippen molar-refractivity contribution >= 4 is 17.7 Å². The van der Waals surface area contributed by atoms with Gasteiger partial charge in [-0.2, -0.15) is 0 Å². The molecule has 0 N–H and O–H groups in total. The number of thioether (sulfide) groups is 1. The molecule has 3 nitrogen and oxygen atoms in total. The van der Waals surface area contributed by atoms with E-state index in [1.165, 1.54) is 11.8 Å². The molecule has 0 unspecified atom stereocenters. The molecule has 0 amide bonds. The minimum Gasteiger partial charge on any atom is -1.00 e. The van der Waals surface area contributed by atoms with Gasteiger partial charge in [-0.3, -0.25) is 0 Å². The van der Waals surface area contributed by atoms with E-state index >= 15 is 0 Å². The normalized spacial score (nSPS) is 10.8. The van der Waals surface area contributed by atoms with E-state index in [9.17, 15) is 4.79 Å². The third kappa shape index (κ3) is 6.76. The van der Waals surface area contributed by atoms with Crippen molar-refractivity contribution in [3.63, 3.8) is 0 Å². The number of halogens is 1. The topological polar surface area (TPSA) is 26.3 Å². The smallest absolute Gasteiger partial charge is 0.362 e. The number of carbonyl (C=O) groups is 1. The molecule has 0 spiro atoms. The highest BCUT2D eigenvalue weighted by molar-refractivity contribution is 7.98. The van der Waals surface area contributed by atoms with Crippen LogP contribution < -0.4 is 17.0 Å². The van der Waals surface area contributed by atoms with Crippen molar-refractivity contribution in [3.05, 3.63) is 0 Å². The number of quaternary nitrogens is 1. The second-order valence-corrected chi connectivity index (χ2v) is 4.59. The highest BCUT2D eigenvalue weighted by Crippen LogP contribution is 2.08. The SMILES string of the molecule is CCC[N+](CC)(CC)CC(=O)OCSC.[Br-]. The lowest BCUT2D eigenvalue weighted by Gasteiger charge is -2.35. The Morgan fingerprint density at radius 3 is 2.19 bits per heavy atom. The third-order valence-corrected chi connectivity index (χ3v) is 3.20. The minimum atomic E-state index is -0.0681. The number of likely N-dealkylation sites (N-methyl/N-ethyl adjacent to an activating group) is 1. The number of carbonyl (C=O) groups excluding carboxylic acids is 1. The molecule has 0 rings (SSSR count). The minimum absolute atomic E-state index is 0. The summed E-state index contributed by atoms with van der Waals surface area (Å²) in [5.41, 5.74) is 0. The molecule has 0 saturated heterocycles. The predicted molar refractivity (Wildman–Crippen MR) is 65.8 cm³/mol. The van der Waals surface area contributed by atoms with Crippen LogP contribution in [0.25, 0.3) is 0 Å². The van der Waals surface area contributed by atoms with Crippen molar-refractivity contribution < 1.29 is 31.0 Å². The molecule has 0 fully saturated rings. The lowest BCUT2D eigenvalue weighted by atomic mass is 10.3. The van der Waals surface area contributed by atoms with Crippen molar-refractivity contribution in [2.45, 2.75) is 27.2 Å². The maximum atomic E-state index is 11.6. The lowest BCUT2D eigenvalue weighted by molar-refractivity contribution is -0.918. The van der Waals surface area contributed by atoms with Crippen LogP contribution in [-0.2, 0) is 9.53 Å². The first-order chi connectivity index (χ1) is 7.14. The summed E-state index contributed by atoms with van der Waals surface area (Å²) in [6.07, 6.45) is 3.04. The Kier molecular flexibility index (Phi) is 12.1. The Bertz CT molecular complexity index is 187. The molecule has 0 bridgehead atoms. The first-order valence-electron chi connectivity index (χ1n) is 5.63. The zero-order valence-corrected chi connectivity index (χ0v) is 13.2. The van der Waals surface area contributed by atoms with E-state index < -0.39 is 0 Å². The van der Waals surface area contributed by atoms with E-state index in [0.717, 1.165) is 30.5 Å². The summed E-state index contributed by atoms with van der Waals surface area (Å²) in [6, 6.07) is 0. The second-order valence-electron chi connectivity index (χ2n) is 3.78. The molecule has 0 atom stereocenters. The van der Waals surface area contributed by atoms with Crippen molar-refractivity contribution in [1.29, 1.82) is 0 Å². The van der Waals surface area contributed by atoms with Crippen LogP contribution in [-0.4, -0.2) is 48.8 Å². The Balaban J connectivity index is 0. The maximum absolute atomic E-state index is 11.6. The van der Waals surface area contributed by atoms with Gasteiger partial charge in [0.25, 0.3) is 0 Å². The van der Waals surface area contributed by atoms with E-state index in [2.05, 4.69) is 20.8 Å². The molecule has 5 heteroatoms. The van der Waals surface area contributed by atoms with Crippen molar-refractivity contribution in [2.24, 2.45) is 0 Å². The maximum Gasteiger partial charge on any atom is 0.362 e. The summed E-state index contributed by atoms with van der Waals surface area (Å²) in [5, 5.41) is 0. The van der Waals surface area contributed by atoms with Gasteiger partial charge in [-0.25, -0.2) is 4.79 Å². The van der Waals surface area contributed by atoms with Gasteiger partial charge in [0.05, 0.1) is 19.6 Å². The highest BCUT2D eigenvalue weighted by atomic mass is 79.9. The summed E-state index contributed by atoms with van der Waals surface area (Å²) in [5.74, 6) is 0.403. The Morgan fingerprint density at radius 1 is 1.25 bits per heavy atom. The van der Waals surface area contributed by atoms with Gasteiger partial charge in [-0.15, -0.1) is 11.8 Å². The molecule has 0 aliphatic carbocycles. The van der Waals surface area contributed by atoms with Crippen LogP contribution in [0.2, 0.25) is 0 Å². The molecular weight excluding hydrogens is 290 g/mol. The van der Waals surface area contributed by atoms with Gasteiger partial charge in [0.1, 0.15) is 5.94 Å². The summed E-state index contributed by atoms with van der Waals surface area (Å²) < 4.78 is 5.96. The summed E-state index contributed by atoms with van der Waals surface area (Å²) >= 11 is 1.53. The van der Waals surface area contributed by atoms with Gasteiger partial charge in [-0.05, 0) is 26.5 Å². The zero-order chi connectivity index (χ0) is 11.7. The summed E-state index contributed by atoms with van der Waals surface area (Å²) in [4.78, 5) is 11.6. The molecule has 98 valence electrons. The van der Waals surface area contributed by atoms with Crippen LogP contribution in [0.3, 0.4) is 0 Å². The Morgan fingerprint density at radius 2 is 1.81 bits per heavy atom. The van der Waals surface area contributed by atoms with Crippen LogP contribution in [0.15, 0.2) is 0 Å². The first kappa shape index (κ1) is 18.6. The molecule has 0 aliphatic heterocycles. The average molecular weight is 314 g/mol. The molecular formula is C11H24BrNO2S. The quantitative estimate of drug-likeness (QED) is 0.331. The highest BCUT2D eigenvalue weighted by Gasteiger charge is 2.26. The van der Waals surface area contributed by atoms with E-state index in [1.807, 2.05) is 6.26 Å². The number of ether oxygens (including phenoxy) is 1. The van der Waals surface area contributed by atoms with Crippen LogP contribution in [0, 0.1) is 0 Å². The van der Waals surface area contributed by atoms with E-state index in [1.54, 1.807) is 0 Å². The van der Waals surface area contributed by atoms with Gasteiger partial charge in [0, 0.05) is 0 Å². The molecule has 0 aromatic rings. The molecule has 0 saturated carbocycles. The van der Waals surface area contributed by atoms with Gasteiger partial charge >= 0.3 is 5.97 Å². The molecule has 0 aliphatic rings. The van der Waals surface area contributed by atoms with Crippen molar-refractivity contribution in [2.75, 3.05) is 38.4 Å². The second kappa shape index (κ2) is 10.4.